The van der Waals surface area contributed by atoms with Gasteiger partial charge in [-0.2, -0.15) is 24.9 Å². The van der Waals surface area contributed by atoms with E-state index in [0.29, 0.717) is 28.7 Å². The molecule has 1 unspecified atom stereocenters. The molecular weight excluding hydrogens is 386 g/mol. The van der Waals surface area contributed by atoms with Gasteiger partial charge in [0.25, 0.3) is 17.8 Å². The smallest absolute Gasteiger partial charge is 0.265 e. The Kier molecular flexibility index (Phi) is 4.90. The fraction of sp³-hybridized carbons (Fsp3) is 0.300. The number of benzene rings is 1. The number of nitrogens with zero attached hydrogens (tertiary/aromatic N) is 6. The van der Waals surface area contributed by atoms with E-state index in [-0.39, 0.29) is 23.9 Å². The number of carbonyl (C=O) groups excluding carboxylic acids is 2. The Balaban J connectivity index is 1.58. The van der Waals surface area contributed by atoms with Crippen LogP contribution in [-0.4, -0.2) is 57.8 Å². The van der Waals surface area contributed by atoms with Crippen molar-refractivity contribution in [3.05, 3.63) is 41.6 Å². The van der Waals surface area contributed by atoms with Gasteiger partial charge in [-0.25, -0.2) is 0 Å². The highest BCUT2D eigenvalue weighted by atomic mass is 16.5. The monoisotopic (exact) mass is 407 g/mol. The van der Waals surface area contributed by atoms with Crippen molar-refractivity contribution >= 4 is 35.6 Å². The summed E-state index contributed by atoms with van der Waals surface area (Å²) in [5.74, 6) is 0.293. The van der Waals surface area contributed by atoms with Crippen molar-refractivity contribution < 1.29 is 14.3 Å². The van der Waals surface area contributed by atoms with E-state index in [1.54, 1.807) is 44.3 Å². The Morgan fingerprint density at radius 1 is 1.20 bits per heavy atom. The number of anilines is 1. The summed E-state index contributed by atoms with van der Waals surface area (Å²) in [6.07, 6.45) is 1.55. The number of amides is 2. The SMILES string of the molecule is Cc1cc(NC(=O)c2ccc(OC(C)C)cc2)n(C2=NC(=O)C3C=NN(C)C3=N2)n1. The van der Waals surface area contributed by atoms with Crippen LogP contribution in [0.3, 0.4) is 0 Å². The van der Waals surface area contributed by atoms with Crippen molar-refractivity contribution in [2.75, 3.05) is 12.4 Å². The van der Waals surface area contributed by atoms with Gasteiger partial charge in [-0.05, 0) is 45.0 Å². The van der Waals surface area contributed by atoms with Crippen molar-refractivity contribution in [3.63, 3.8) is 0 Å². The van der Waals surface area contributed by atoms with Gasteiger partial charge in [0.2, 0.25) is 0 Å². The Morgan fingerprint density at radius 3 is 2.63 bits per heavy atom. The minimum absolute atomic E-state index is 0.0477. The quantitative estimate of drug-likeness (QED) is 0.832. The Bertz CT molecular complexity index is 1100. The second-order valence-corrected chi connectivity index (χ2v) is 7.21. The summed E-state index contributed by atoms with van der Waals surface area (Å²) in [4.78, 5) is 33.5. The molecule has 1 N–H and O–H groups in total. The second kappa shape index (κ2) is 7.54. The molecule has 0 radical (unpaired) electrons. The maximum atomic E-state index is 12.7. The molecule has 10 heteroatoms. The summed E-state index contributed by atoms with van der Waals surface area (Å²) < 4.78 is 6.94. The van der Waals surface area contributed by atoms with E-state index in [1.165, 1.54) is 15.9 Å². The van der Waals surface area contributed by atoms with Gasteiger partial charge in [-0.3, -0.25) is 14.6 Å². The molecule has 0 spiro atoms. The molecule has 4 rings (SSSR count). The third-order valence-electron chi connectivity index (χ3n) is 4.44. The van der Waals surface area contributed by atoms with Crippen LogP contribution >= 0.6 is 0 Å². The lowest BCUT2D eigenvalue weighted by Gasteiger charge is -2.17. The molecule has 2 aliphatic heterocycles. The summed E-state index contributed by atoms with van der Waals surface area (Å²) in [7, 11) is 1.70. The summed E-state index contributed by atoms with van der Waals surface area (Å²) in [6.45, 7) is 5.64. The van der Waals surface area contributed by atoms with E-state index in [4.69, 9.17) is 4.74 Å². The Hall–Kier alpha value is -3.82. The lowest BCUT2D eigenvalue weighted by Crippen LogP contribution is -2.35. The predicted molar refractivity (Wildman–Crippen MR) is 112 cm³/mol. The highest BCUT2D eigenvalue weighted by molar-refractivity contribution is 6.24. The van der Waals surface area contributed by atoms with Gasteiger partial charge >= 0.3 is 0 Å². The van der Waals surface area contributed by atoms with Crippen LogP contribution in [-0.2, 0) is 4.79 Å². The average Bonchev–Trinajstić information content (AvgIpc) is 3.25. The van der Waals surface area contributed by atoms with Crippen LogP contribution in [0.25, 0.3) is 0 Å². The molecule has 1 aromatic carbocycles. The summed E-state index contributed by atoms with van der Waals surface area (Å²) >= 11 is 0. The summed E-state index contributed by atoms with van der Waals surface area (Å²) in [5, 5.41) is 12.7. The zero-order valence-electron chi connectivity index (χ0n) is 17.0. The molecule has 2 aliphatic rings. The number of amidine groups is 1. The van der Waals surface area contributed by atoms with E-state index < -0.39 is 5.92 Å². The minimum Gasteiger partial charge on any atom is -0.491 e. The number of hydrazone groups is 1. The maximum Gasteiger partial charge on any atom is 0.265 e. The van der Waals surface area contributed by atoms with Crippen molar-refractivity contribution in [1.82, 2.24) is 14.8 Å². The third kappa shape index (κ3) is 3.71. The van der Waals surface area contributed by atoms with E-state index in [1.807, 2.05) is 13.8 Å². The molecule has 0 bridgehead atoms. The van der Waals surface area contributed by atoms with Crippen molar-refractivity contribution in [2.24, 2.45) is 21.0 Å². The van der Waals surface area contributed by atoms with E-state index in [0.717, 1.165) is 0 Å². The molecule has 154 valence electrons. The van der Waals surface area contributed by atoms with Crippen LogP contribution in [0.4, 0.5) is 5.82 Å². The first kappa shape index (κ1) is 19.5. The normalized spacial score (nSPS) is 17.7. The Morgan fingerprint density at radius 2 is 1.93 bits per heavy atom. The molecule has 10 nitrogen and oxygen atoms in total. The third-order valence-corrected chi connectivity index (χ3v) is 4.44. The number of aromatic nitrogens is 2. The van der Waals surface area contributed by atoms with Gasteiger partial charge in [0.1, 0.15) is 23.3 Å². The number of aryl methyl sites for hydroxylation is 1. The van der Waals surface area contributed by atoms with Crippen LogP contribution in [0.5, 0.6) is 5.75 Å². The summed E-state index contributed by atoms with van der Waals surface area (Å²) in [6, 6.07) is 8.52. The number of hydrogen-bond acceptors (Lipinski definition) is 7. The lowest BCUT2D eigenvalue weighted by atomic mass is 10.1. The van der Waals surface area contributed by atoms with Crippen LogP contribution in [0, 0.1) is 12.8 Å². The Labute approximate surface area is 173 Å². The number of carbonyl (C=O) groups is 2. The largest absolute Gasteiger partial charge is 0.491 e. The van der Waals surface area contributed by atoms with Crippen molar-refractivity contribution in [1.29, 1.82) is 0 Å². The standard InChI is InChI=1S/C20H21N7O3/c1-11(2)30-14-7-5-13(6-8-14)18(28)22-16-9-12(3)25-27(16)20-23-17-15(19(29)24-20)10-21-26(17)4/h5-11,15H,1-4H3,(H,22,28). The van der Waals surface area contributed by atoms with Gasteiger partial charge in [0.15, 0.2) is 0 Å². The van der Waals surface area contributed by atoms with Gasteiger partial charge in [0.05, 0.1) is 11.8 Å². The van der Waals surface area contributed by atoms with E-state index in [9.17, 15) is 9.59 Å². The molecule has 0 saturated carbocycles. The molecule has 2 aromatic rings. The van der Waals surface area contributed by atoms with E-state index in [2.05, 4.69) is 25.5 Å². The highest BCUT2D eigenvalue weighted by Crippen LogP contribution is 2.20. The van der Waals surface area contributed by atoms with E-state index >= 15 is 0 Å². The van der Waals surface area contributed by atoms with Crippen LogP contribution in [0.2, 0.25) is 0 Å². The molecule has 1 aromatic heterocycles. The second-order valence-electron chi connectivity index (χ2n) is 7.21. The zero-order chi connectivity index (χ0) is 21.4. The first-order valence-corrected chi connectivity index (χ1v) is 9.46. The highest BCUT2D eigenvalue weighted by Gasteiger charge is 2.35. The molecule has 30 heavy (non-hydrogen) atoms. The van der Waals surface area contributed by atoms with Gasteiger partial charge in [0, 0.05) is 24.9 Å². The minimum atomic E-state index is -0.583. The molecule has 0 aliphatic carbocycles. The fourth-order valence-corrected chi connectivity index (χ4v) is 3.09. The van der Waals surface area contributed by atoms with Crippen LogP contribution < -0.4 is 10.1 Å². The van der Waals surface area contributed by atoms with Gasteiger partial charge in [-0.15, -0.1) is 0 Å². The van der Waals surface area contributed by atoms with Gasteiger partial charge in [-0.1, -0.05) is 0 Å². The van der Waals surface area contributed by atoms with Crippen molar-refractivity contribution in [3.8, 4) is 5.75 Å². The number of fused-ring (bicyclic) bond motifs is 1. The summed E-state index contributed by atoms with van der Waals surface area (Å²) in [5.41, 5.74) is 1.09. The number of nitrogens with one attached hydrogen (secondary N) is 1. The van der Waals surface area contributed by atoms with Crippen LogP contribution in [0.15, 0.2) is 45.4 Å². The average molecular weight is 407 g/mol. The van der Waals surface area contributed by atoms with Crippen LogP contribution in [0.1, 0.15) is 29.9 Å². The van der Waals surface area contributed by atoms with Gasteiger partial charge < -0.3 is 10.1 Å². The molecule has 2 amide bonds. The number of rotatable bonds is 4. The topological polar surface area (TPSA) is 114 Å². The zero-order valence-corrected chi connectivity index (χ0v) is 17.0. The molecule has 0 saturated heterocycles. The number of ether oxygens (including phenoxy) is 1. The first-order valence-electron chi connectivity index (χ1n) is 9.46. The predicted octanol–water partition coefficient (Wildman–Crippen LogP) is 1.92. The number of aliphatic imine (C=N–C) groups is 2. The number of hydrogen-bond donors (Lipinski definition) is 1. The maximum absolute atomic E-state index is 12.7. The molecule has 0 fully saturated rings. The molecule has 1 atom stereocenters. The lowest BCUT2D eigenvalue weighted by molar-refractivity contribution is -0.118. The fourth-order valence-electron chi connectivity index (χ4n) is 3.09. The molecular formula is C20H21N7O3. The first-order chi connectivity index (χ1) is 14.3. The van der Waals surface area contributed by atoms with Crippen molar-refractivity contribution in [2.45, 2.75) is 26.9 Å². The molecule has 3 heterocycles.